The fourth-order valence-corrected chi connectivity index (χ4v) is 3.82. The first kappa shape index (κ1) is 15.2. The van der Waals surface area contributed by atoms with Gasteiger partial charge in [0.15, 0.2) is 0 Å². The second-order valence-electron chi connectivity index (χ2n) is 6.35. The van der Waals surface area contributed by atoms with Crippen molar-refractivity contribution < 1.29 is 14.7 Å². The highest BCUT2D eigenvalue weighted by Crippen LogP contribution is 2.47. The summed E-state index contributed by atoms with van der Waals surface area (Å²) in [5, 5.41) is 10.5. The molecule has 24 heavy (non-hydrogen) atoms. The summed E-state index contributed by atoms with van der Waals surface area (Å²) in [5.41, 5.74) is 1.84. The zero-order valence-electron chi connectivity index (χ0n) is 12.9. The van der Waals surface area contributed by atoms with Crippen molar-refractivity contribution in [1.82, 2.24) is 4.90 Å². The molecule has 2 aromatic carbocycles. The molecule has 122 valence electrons. The van der Waals surface area contributed by atoms with Crippen LogP contribution in [0.2, 0.25) is 5.02 Å². The highest BCUT2D eigenvalue weighted by atomic mass is 35.5. The summed E-state index contributed by atoms with van der Waals surface area (Å²) in [4.78, 5) is 26.9. The topological polar surface area (TPSA) is 57.6 Å². The van der Waals surface area contributed by atoms with Gasteiger partial charge in [-0.2, -0.15) is 0 Å². The number of carbonyl (C=O) groups excluding carboxylic acids is 1. The van der Waals surface area contributed by atoms with Gasteiger partial charge in [0.25, 0.3) is 5.91 Å². The Balaban J connectivity index is 1.93. The maximum Gasteiger partial charge on any atom is 0.313 e. The smallest absolute Gasteiger partial charge is 0.313 e. The van der Waals surface area contributed by atoms with E-state index in [9.17, 15) is 14.7 Å². The maximum atomic E-state index is 13.0. The number of aliphatic carboxylic acids is 1. The highest BCUT2D eigenvalue weighted by Gasteiger charge is 2.49. The lowest BCUT2D eigenvalue weighted by atomic mass is 9.79. The number of carbonyl (C=O) groups is 2. The third kappa shape index (κ3) is 2.38. The summed E-state index contributed by atoms with van der Waals surface area (Å²) in [7, 11) is 0. The fourth-order valence-electron chi connectivity index (χ4n) is 3.62. The molecule has 2 aliphatic rings. The molecular weight excluding hydrogens is 326 g/mol. The van der Waals surface area contributed by atoms with E-state index in [1.807, 2.05) is 6.07 Å². The van der Waals surface area contributed by atoms with E-state index in [1.165, 1.54) is 0 Å². The maximum absolute atomic E-state index is 13.0. The van der Waals surface area contributed by atoms with Gasteiger partial charge in [-0.1, -0.05) is 41.9 Å². The van der Waals surface area contributed by atoms with E-state index in [0.29, 0.717) is 16.1 Å². The fraction of sp³-hybridized carbons (Fsp3) is 0.263. The molecule has 2 aromatic rings. The highest BCUT2D eigenvalue weighted by molar-refractivity contribution is 6.30. The van der Waals surface area contributed by atoms with Crippen molar-refractivity contribution in [3.05, 3.63) is 70.2 Å². The molecule has 1 amide bonds. The van der Waals surface area contributed by atoms with Crippen LogP contribution in [-0.2, 0) is 4.79 Å². The van der Waals surface area contributed by atoms with Crippen LogP contribution in [-0.4, -0.2) is 27.9 Å². The molecule has 4 nitrogen and oxygen atoms in total. The summed E-state index contributed by atoms with van der Waals surface area (Å²) in [5.74, 6) is -1.81. The van der Waals surface area contributed by atoms with Gasteiger partial charge in [-0.3, -0.25) is 9.59 Å². The zero-order chi connectivity index (χ0) is 16.8. The number of carboxylic acid groups (broad SMARTS) is 1. The molecule has 0 saturated heterocycles. The minimum absolute atomic E-state index is 0.0874. The third-order valence-electron chi connectivity index (χ3n) is 4.77. The van der Waals surface area contributed by atoms with Crippen LogP contribution >= 0.6 is 11.6 Å². The quantitative estimate of drug-likeness (QED) is 0.922. The number of halogens is 1. The number of rotatable bonds is 3. The van der Waals surface area contributed by atoms with Crippen molar-refractivity contribution in [1.29, 1.82) is 0 Å². The van der Waals surface area contributed by atoms with Crippen molar-refractivity contribution in [2.24, 2.45) is 0 Å². The van der Waals surface area contributed by atoms with E-state index in [-0.39, 0.29) is 11.9 Å². The molecule has 0 bridgehead atoms. The number of carboxylic acids is 1. The molecule has 1 N–H and O–H groups in total. The van der Waals surface area contributed by atoms with Crippen molar-refractivity contribution in [2.45, 2.75) is 30.8 Å². The number of amides is 1. The Kier molecular flexibility index (Phi) is 3.57. The van der Waals surface area contributed by atoms with Crippen molar-refractivity contribution in [3.8, 4) is 0 Å². The first-order valence-electron chi connectivity index (χ1n) is 7.98. The summed E-state index contributed by atoms with van der Waals surface area (Å²) >= 11 is 6.12. The van der Waals surface area contributed by atoms with Gasteiger partial charge >= 0.3 is 5.97 Å². The van der Waals surface area contributed by atoms with Gasteiger partial charge in [-0.15, -0.1) is 0 Å². The minimum atomic E-state index is -0.925. The molecule has 5 heteroatoms. The summed E-state index contributed by atoms with van der Waals surface area (Å²) in [6, 6.07) is 13.8. The number of fused-ring (bicyclic) bond motifs is 1. The predicted octanol–water partition coefficient (Wildman–Crippen LogP) is 3.87. The van der Waals surface area contributed by atoms with E-state index < -0.39 is 17.9 Å². The van der Waals surface area contributed by atoms with E-state index >= 15 is 0 Å². The summed E-state index contributed by atoms with van der Waals surface area (Å²) in [6.45, 7) is 0. The Hall–Kier alpha value is -2.33. The Morgan fingerprint density at radius 2 is 1.88 bits per heavy atom. The lowest BCUT2D eigenvalue weighted by Gasteiger charge is -2.41. The van der Waals surface area contributed by atoms with E-state index in [0.717, 1.165) is 18.4 Å². The lowest BCUT2D eigenvalue weighted by molar-refractivity contribution is -0.140. The summed E-state index contributed by atoms with van der Waals surface area (Å²) < 4.78 is 0. The second-order valence-corrected chi connectivity index (χ2v) is 6.78. The van der Waals surface area contributed by atoms with Gasteiger partial charge in [0.05, 0.1) is 6.04 Å². The van der Waals surface area contributed by atoms with Gasteiger partial charge in [0, 0.05) is 16.6 Å². The Morgan fingerprint density at radius 1 is 1.12 bits per heavy atom. The first-order chi connectivity index (χ1) is 11.6. The van der Waals surface area contributed by atoms with Crippen molar-refractivity contribution >= 4 is 23.5 Å². The van der Waals surface area contributed by atoms with Crippen molar-refractivity contribution in [3.63, 3.8) is 0 Å². The Bertz CT molecular complexity index is 831. The minimum Gasteiger partial charge on any atom is -0.481 e. The number of benzene rings is 2. The van der Waals surface area contributed by atoms with Crippen LogP contribution in [0.4, 0.5) is 0 Å². The molecule has 0 aromatic heterocycles. The molecule has 1 aliphatic carbocycles. The largest absolute Gasteiger partial charge is 0.481 e. The number of hydrogen-bond donors (Lipinski definition) is 1. The third-order valence-corrected chi connectivity index (χ3v) is 5.01. The van der Waals surface area contributed by atoms with Crippen LogP contribution in [0.15, 0.2) is 48.5 Å². The molecule has 1 fully saturated rings. The van der Waals surface area contributed by atoms with Gasteiger partial charge < -0.3 is 10.0 Å². The zero-order valence-corrected chi connectivity index (χ0v) is 13.6. The molecule has 1 aliphatic heterocycles. The van der Waals surface area contributed by atoms with Crippen LogP contribution in [0.25, 0.3) is 0 Å². The van der Waals surface area contributed by atoms with Crippen LogP contribution in [0.1, 0.15) is 46.3 Å². The van der Waals surface area contributed by atoms with Crippen LogP contribution < -0.4 is 0 Å². The Labute approximate surface area is 144 Å². The van der Waals surface area contributed by atoms with E-state index in [4.69, 9.17) is 11.6 Å². The van der Waals surface area contributed by atoms with Crippen molar-refractivity contribution in [2.75, 3.05) is 0 Å². The molecule has 1 saturated carbocycles. The van der Waals surface area contributed by atoms with Gasteiger partial charge in [0.2, 0.25) is 0 Å². The van der Waals surface area contributed by atoms with E-state index in [2.05, 4.69) is 0 Å². The molecular formula is C19H16ClNO3. The van der Waals surface area contributed by atoms with E-state index in [1.54, 1.807) is 47.4 Å². The molecule has 2 unspecified atom stereocenters. The lowest BCUT2D eigenvalue weighted by Crippen LogP contribution is -2.46. The van der Waals surface area contributed by atoms with Crippen LogP contribution in [0, 0.1) is 0 Å². The monoisotopic (exact) mass is 341 g/mol. The molecule has 0 spiro atoms. The normalized spacial score (nSPS) is 23.0. The second kappa shape index (κ2) is 5.64. The number of hydrogen-bond acceptors (Lipinski definition) is 2. The Morgan fingerprint density at radius 3 is 2.54 bits per heavy atom. The van der Waals surface area contributed by atoms with Gasteiger partial charge in [0.1, 0.15) is 5.92 Å². The molecule has 1 heterocycles. The van der Waals surface area contributed by atoms with Crippen LogP contribution in [0.3, 0.4) is 0 Å². The number of nitrogens with zero attached hydrogens (tertiary/aromatic N) is 1. The first-order valence-corrected chi connectivity index (χ1v) is 8.35. The SMILES string of the molecule is O=C(O)C1c2ccccc2C(=O)N(C2CC2)C1c1cccc(Cl)c1. The molecule has 2 atom stereocenters. The molecule has 4 rings (SSSR count). The van der Waals surface area contributed by atoms with Gasteiger partial charge in [-0.05, 0) is 42.2 Å². The summed E-state index contributed by atoms with van der Waals surface area (Å²) in [6.07, 6.45) is 1.83. The van der Waals surface area contributed by atoms with Crippen LogP contribution in [0.5, 0.6) is 0 Å². The van der Waals surface area contributed by atoms with Gasteiger partial charge in [-0.25, -0.2) is 0 Å². The average molecular weight is 342 g/mol. The molecule has 0 radical (unpaired) electrons. The average Bonchev–Trinajstić information content (AvgIpc) is 3.39. The standard InChI is InChI=1S/C19H16ClNO3/c20-12-5-3-4-11(10-12)17-16(19(23)24)14-6-1-2-7-15(14)18(22)21(17)13-8-9-13/h1-7,10,13,16-17H,8-9H2,(H,23,24). The predicted molar refractivity (Wildman–Crippen MR) is 90.2 cm³/mol.